The van der Waals surface area contributed by atoms with Crippen LogP contribution >= 0.6 is 11.8 Å². The Morgan fingerprint density at radius 3 is 3.00 bits per heavy atom. The fourth-order valence-corrected chi connectivity index (χ4v) is 3.17. The Balaban J connectivity index is 2.20. The molecule has 1 fully saturated rings. The molecule has 0 radical (unpaired) electrons. The number of hydrogen-bond donors (Lipinski definition) is 1. The maximum Gasteiger partial charge on any atom is 0.124 e. The summed E-state index contributed by atoms with van der Waals surface area (Å²) in [6.45, 7) is 3.54. The zero-order valence-corrected chi connectivity index (χ0v) is 11.8. The normalized spacial score (nSPS) is 21.6. The number of hydrogen-bond acceptors (Lipinski definition) is 4. The second kappa shape index (κ2) is 7.02. The predicted molar refractivity (Wildman–Crippen MR) is 76.5 cm³/mol. The molecule has 2 atom stereocenters. The zero-order valence-electron chi connectivity index (χ0n) is 11.0. The molecule has 3 nitrogen and oxygen atoms in total. The number of benzene rings is 1. The Hall–Kier alpha value is -0.710. The highest BCUT2D eigenvalue weighted by Crippen LogP contribution is 2.31. The smallest absolute Gasteiger partial charge is 0.124 e. The van der Waals surface area contributed by atoms with Gasteiger partial charge in [-0.15, -0.1) is 0 Å². The van der Waals surface area contributed by atoms with Crippen molar-refractivity contribution in [2.24, 2.45) is 0 Å². The average molecular weight is 267 g/mol. The Bertz CT molecular complexity index is 367. The molecule has 1 N–H and O–H groups in total. The van der Waals surface area contributed by atoms with E-state index in [9.17, 15) is 0 Å². The van der Waals surface area contributed by atoms with Crippen molar-refractivity contribution in [3.8, 4) is 5.75 Å². The number of para-hydroxylation sites is 1. The highest BCUT2D eigenvalue weighted by molar-refractivity contribution is 7.99. The Morgan fingerprint density at radius 2 is 2.33 bits per heavy atom. The van der Waals surface area contributed by atoms with Crippen LogP contribution in [0.25, 0.3) is 0 Å². The minimum absolute atomic E-state index is 0.195. The van der Waals surface area contributed by atoms with Crippen LogP contribution in [0, 0.1) is 0 Å². The standard InChI is InChI=1S/C14H21NO2S/c1-3-16-12-7-5-4-6-11(12)14(15-2)13-10-18-9-8-17-13/h4-7,13-15H,3,8-10H2,1-2H3. The first kappa shape index (κ1) is 13.7. The van der Waals surface area contributed by atoms with Crippen LogP contribution in [-0.4, -0.2) is 37.9 Å². The van der Waals surface area contributed by atoms with Crippen molar-refractivity contribution in [2.45, 2.75) is 19.1 Å². The minimum Gasteiger partial charge on any atom is -0.494 e. The molecule has 0 spiro atoms. The van der Waals surface area contributed by atoms with Crippen LogP contribution in [0.3, 0.4) is 0 Å². The third-order valence-electron chi connectivity index (χ3n) is 3.08. The van der Waals surface area contributed by atoms with E-state index in [1.807, 2.05) is 37.9 Å². The predicted octanol–water partition coefficient (Wildman–Crippen LogP) is 2.48. The van der Waals surface area contributed by atoms with E-state index in [-0.39, 0.29) is 12.1 Å². The molecule has 1 heterocycles. The number of likely N-dealkylation sites (N-methyl/N-ethyl adjacent to an activating group) is 1. The third-order valence-corrected chi connectivity index (χ3v) is 4.10. The van der Waals surface area contributed by atoms with Crippen LogP contribution in [0.1, 0.15) is 18.5 Å². The highest BCUT2D eigenvalue weighted by Gasteiger charge is 2.27. The molecule has 1 saturated heterocycles. The second-order valence-electron chi connectivity index (χ2n) is 4.22. The first-order chi connectivity index (χ1) is 8.86. The van der Waals surface area contributed by atoms with Gasteiger partial charge >= 0.3 is 0 Å². The molecule has 0 aromatic heterocycles. The van der Waals surface area contributed by atoms with Crippen molar-refractivity contribution in [2.75, 3.05) is 31.8 Å². The molecule has 18 heavy (non-hydrogen) atoms. The topological polar surface area (TPSA) is 30.5 Å². The van der Waals surface area contributed by atoms with E-state index in [1.165, 1.54) is 5.56 Å². The van der Waals surface area contributed by atoms with Gasteiger partial charge in [0.1, 0.15) is 5.75 Å². The van der Waals surface area contributed by atoms with E-state index in [0.29, 0.717) is 6.61 Å². The molecule has 1 aromatic carbocycles. The van der Waals surface area contributed by atoms with Crippen molar-refractivity contribution < 1.29 is 9.47 Å². The Kier molecular flexibility index (Phi) is 5.35. The maximum atomic E-state index is 5.88. The summed E-state index contributed by atoms with van der Waals surface area (Å²) < 4.78 is 11.6. The molecular formula is C14H21NO2S. The summed E-state index contributed by atoms with van der Waals surface area (Å²) in [5.41, 5.74) is 1.19. The largest absolute Gasteiger partial charge is 0.494 e. The van der Waals surface area contributed by atoms with E-state index in [0.717, 1.165) is 23.9 Å². The summed E-state index contributed by atoms with van der Waals surface area (Å²) in [7, 11) is 1.98. The number of thioether (sulfide) groups is 1. The van der Waals surface area contributed by atoms with E-state index >= 15 is 0 Å². The van der Waals surface area contributed by atoms with Gasteiger partial charge in [-0.3, -0.25) is 0 Å². The van der Waals surface area contributed by atoms with E-state index in [4.69, 9.17) is 9.47 Å². The number of ether oxygens (including phenoxy) is 2. The van der Waals surface area contributed by atoms with Crippen LogP contribution < -0.4 is 10.1 Å². The monoisotopic (exact) mass is 267 g/mol. The van der Waals surface area contributed by atoms with Crippen LogP contribution in [0.2, 0.25) is 0 Å². The Labute approximate surface area is 113 Å². The van der Waals surface area contributed by atoms with Gasteiger partial charge in [-0.05, 0) is 20.0 Å². The summed E-state index contributed by atoms with van der Waals surface area (Å²) in [6.07, 6.45) is 0.218. The lowest BCUT2D eigenvalue weighted by molar-refractivity contribution is 0.0480. The zero-order chi connectivity index (χ0) is 12.8. The summed E-state index contributed by atoms with van der Waals surface area (Å²) in [5.74, 6) is 3.09. The first-order valence-corrected chi connectivity index (χ1v) is 7.60. The van der Waals surface area contributed by atoms with Gasteiger partial charge in [0.15, 0.2) is 0 Å². The SMILES string of the molecule is CCOc1ccccc1C(NC)C1CSCCO1. The quantitative estimate of drug-likeness (QED) is 0.888. The van der Waals surface area contributed by atoms with E-state index < -0.39 is 0 Å². The molecule has 0 aliphatic carbocycles. The molecule has 1 aliphatic rings. The molecule has 2 rings (SSSR count). The van der Waals surface area contributed by atoms with Gasteiger partial charge in [0.2, 0.25) is 0 Å². The van der Waals surface area contributed by atoms with Crippen molar-refractivity contribution in [1.82, 2.24) is 5.32 Å². The van der Waals surface area contributed by atoms with Crippen molar-refractivity contribution in [3.63, 3.8) is 0 Å². The second-order valence-corrected chi connectivity index (χ2v) is 5.37. The fraction of sp³-hybridized carbons (Fsp3) is 0.571. The molecule has 100 valence electrons. The molecule has 1 aromatic rings. The van der Waals surface area contributed by atoms with E-state index in [2.05, 4.69) is 17.4 Å². The van der Waals surface area contributed by atoms with Crippen LogP contribution in [-0.2, 0) is 4.74 Å². The lowest BCUT2D eigenvalue weighted by Gasteiger charge is -2.31. The van der Waals surface area contributed by atoms with Gasteiger partial charge in [0.25, 0.3) is 0 Å². The lowest BCUT2D eigenvalue weighted by atomic mass is 10.0. The van der Waals surface area contributed by atoms with Gasteiger partial charge in [0, 0.05) is 17.1 Å². The third kappa shape index (κ3) is 3.19. The fourth-order valence-electron chi connectivity index (χ4n) is 2.26. The lowest BCUT2D eigenvalue weighted by Crippen LogP contribution is -2.36. The summed E-state index contributed by atoms with van der Waals surface area (Å²) in [5, 5.41) is 3.37. The van der Waals surface area contributed by atoms with Crippen molar-refractivity contribution in [1.29, 1.82) is 0 Å². The van der Waals surface area contributed by atoms with Crippen molar-refractivity contribution >= 4 is 11.8 Å². The minimum atomic E-state index is 0.195. The first-order valence-electron chi connectivity index (χ1n) is 6.45. The van der Waals surface area contributed by atoms with Crippen LogP contribution in [0.15, 0.2) is 24.3 Å². The summed E-state index contributed by atoms with van der Waals surface area (Å²) >= 11 is 1.95. The number of rotatable bonds is 5. The van der Waals surface area contributed by atoms with Gasteiger partial charge in [-0.2, -0.15) is 11.8 Å². The van der Waals surface area contributed by atoms with E-state index in [1.54, 1.807) is 0 Å². The Morgan fingerprint density at radius 1 is 1.50 bits per heavy atom. The van der Waals surface area contributed by atoms with Gasteiger partial charge in [0.05, 0.1) is 25.4 Å². The van der Waals surface area contributed by atoms with Crippen LogP contribution in [0.4, 0.5) is 0 Å². The summed E-state index contributed by atoms with van der Waals surface area (Å²) in [4.78, 5) is 0. The molecular weight excluding hydrogens is 246 g/mol. The molecule has 0 bridgehead atoms. The maximum absolute atomic E-state index is 5.88. The molecule has 0 amide bonds. The molecule has 2 unspecified atom stereocenters. The highest BCUT2D eigenvalue weighted by atomic mass is 32.2. The summed E-state index contributed by atoms with van der Waals surface area (Å²) in [6, 6.07) is 8.41. The molecule has 1 aliphatic heterocycles. The van der Waals surface area contributed by atoms with Gasteiger partial charge in [-0.1, -0.05) is 18.2 Å². The molecule has 4 heteroatoms. The van der Waals surface area contributed by atoms with Crippen LogP contribution in [0.5, 0.6) is 5.75 Å². The van der Waals surface area contributed by atoms with Gasteiger partial charge in [-0.25, -0.2) is 0 Å². The van der Waals surface area contributed by atoms with Crippen molar-refractivity contribution in [3.05, 3.63) is 29.8 Å². The number of nitrogens with one attached hydrogen (secondary N) is 1. The average Bonchev–Trinajstić information content (AvgIpc) is 2.43. The van der Waals surface area contributed by atoms with Gasteiger partial charge < -0.3 is 14.8 Å². The molecule has 0 saturated carbocycles.